The van der Waals surface area contributed by atoms with Crippen LogP contribution in [0.5, 0.6) is 0 Å². The quantitative estimate of drug-likeness (QED) is 0.516. The molecule has 2 fully saturated rings. The largest absolute Gasteiger partial charge is 0.276 e. The highest BCUT2D eigenvalue weighted by molar-refractivity contribution is 7.78. The summed E-state index contributed by atoms with van der Waals surface area (Å²) in [5.41, 5.74) is 0. The first-order valence-corrected chi connectivity index (χ1v) is 4.73. The van der Waals surface area contributed by atoms with E-state index in [1.165, 1.54) is 12.8 Å². The van der Waals surface area contributed by atoms with Gasteiger partial charge < -0.3 is 0 Å². The molecule has 2 rings (SSSR count). The highest BCUT2D eigenvalue weighted by atomic mass is 32.2. The minimum atomic E-state index is -1.11. The van der Waals surface area contributed by atoms with Gasteiger partial charge in [-0.2, -0.15) is 4.31 Å². The molecular formula is C6H11NO2S. The Morgan fingerprint density at radius 2 is 2.40 bits per heavy atom. The highest BCUT2D eigenvalue weighted by Gasteiger charge is 2.33. The van der Waals surface area contributed by atoms with Gasteiger partial charge in [0.25, 0.3) is 0 Å². The molecule has 0 aromatic carbocycles. The molecule has 0 aromatic heterocycles. The third-order valence-electron chi connectivity index (χ3n) is 2.13. The number of piperidine rings is 1. The van der Waals surface area contributed by atoms with Gasteiger partial charge in [-0.3, -0.25) is 4.18 Å². The van der Waals surface area contributed by atoms with Crippen LogP contribution >= 0.6 is 0 Å². The van der Waals surface area contributed by atoms with Crippen LogP contribution in [-0.2, 0) is 15.4 Å². The van der Waals surface area contributed by atoms with E-state index in [0.29, 0.717) is 12.6 Å². The summed E-state index contributed by atoms with van der Waals surface area (Å²) in [5.74, 6) is 0. The Bertz CT molecular complexity index is 162. The molecule has 0 aromatic rings. The second-order valence-electron chi connectivity index (χ2n) is 2.79. The van der Waals surface area contributed by atoms with Crippen molar-refractivity contribution >= 4 is 11.3 Å². The summed E-state index contributed by atoms with van der Waals surface area (Å²) >= 11 is -1.11. The average Bonchev–Trinajstić information content (AvgIpc) is 2.34. The molecule has 10 heavy (non-hydrogen) atoms. The molecule has 0 N–H and O–H groups in total. The van der Waals surface area contributed by atoms with Crippen molar-refractivity contribution in [2.24, 2.45) is 0 Å². The molecule has 2 aliphatic heterocycles. The van der Waals surface area contributed by atoms with Gasteiger partial charge in [-0.15, -0.1) is 0 Å². The van der Waals surface area contributed by atoms with Crippen molar-refractivity contribution in [1.82, 2.24) is 4.31 Å². The summed E-state index contributed by atoms with van der Waals surface area (Å²) in [6, 6.07) is 0.453. The van der Waals surface area contributed by atoms with Crippen LogP contribution in [0, 0.1) is 0 Å². The molecule has 1 unspecified atom stereocenters. The lowest BCUT2D eigenvalue weighted by Crippen LogP contribution is -2.35. The number of rotatable bonds is 0. The van der Waals surface area contributed by atoms with E-state index in [0.717, 1.165) is 13.0 Å². The first kappa shape index (κ1) is 6.76. The average molecular weight is 161 g/mol. The fraction of sp³-hybridized carbons (Fsp3) is 1.00. The van der Waals surface area contributed by atoms with E-state index < -0.39 is 11.3 Å². The summed E-state index contributed by atoms with van der Waals surface area (Å²) in [7, 11) is 0. The molecule has 0 amide bonds. The summed E-state index contributed by atoms with van der Waals surface area (Å²) in [6.45, 7) is 1.63. The predicted molar refractivity (Wildman–Crippen MR) is 38.4 cm³/mol. The fourth-order valence-corrected chi connectivity index (χ4v) is 2.64. The third-order valence-corrected chi connectivity index (χ3v) is 3.33. The molecule has 2 saturated heterocycles. The van der Waals surface area contributed by atoms with Crippen molar-refractivity contribution in [3.63, 3.8) is 0 Å². The standard InChI is InChI=1S/C6H11NO2S/c8-10-7-4-2-1-3-6(7)5-9-10/h6H,1-5H2/t6?,10-/m0/s1. The Balaban J connectivity index is 2.08. The van der Waals surface area contributed by atoms with E-state index >= 15 is 0 Å². The second-order valence-corrected chi connectivity index (χ2v) is 3.93. The fourth-order valence-electron chi connectivity index (χ4n) is 1.54. The van der Waals surface area contributed by atoms with E-state index in [4.69, 9.17) is 4.18 Å². The zero-order valence-electron chi connectivity index (χ0n) is 5.78. The van der Waals surface area contributed by atoms with Gasteiger partial charge >= 0.3 is 0 Å². The molecule has 3 nitrogen and oxygen atoms in total. The Morgan fingerprint density at radius 1 is 1.50 bits per heavy atom. The van der Waals surface area contributed by atoms with Gasteiger partial charge in [0.05, 0.1) is 6.61 Å². The first-order chi connectivity index (χ1) is 4.88. The molecule has 58 valence electrons. The molecule has 2 aliphatic rings. The summed E-state index contributed by atoms with van der Waals surface area (Å²) < 4.78 is 18.0. The maximum atomic E-state index is 11.0. The van der Waals surface area contributed by atoms with Gasteiger partial charge in [0, 0.05) is 12.6 Å². The SMILES string of the molecule is O=[S@]1OCC2CCCCN21. The topological polar surface area (TPSA) is 29.5 Å². The van der Waals surface area contributed by atoms with Crippen LogP contribution in [0.3, 0.4) is 0 Å². The molecule has 0 spiro atoms. The lowest BCUT2D eigenvalue weighted by molar-refractivity contribution is 0.257. The van der Waals surface area contributed by atoms with Gasteiger partial charge in [0.15, 0.2) is 0 Å². The Morgan fingerprint density at radius 3 is 3.20 bits per heavy atom. The maximum absolute atomic E-state index is 11.0. The van der Waals surface area contributed by atoms with Crippen LogP contribution in [0.25, 0.3) is 0 Å². The second kappa shape index (κ2) is 2.60. The summed E-state index contributed by atoms with van der Waals surface area (Å²) in [6.07, 6.45) is 3.60. The molecule has 0 saturated carbocycles. The van der Waals surface area contributed by atoms with Crippen LogP contribution < -0.4 is 0 Å². The van der Waals surface area contributed by atoms with Crippen LogP contribution in [0.4, 0.5) is 0 Å². The highest BCUT2D eigenvalue weighted by Crippen LogP contribution is 2.24. The molecule has 2 heterocycles. The minimum Gasteiger partial charge on any atom is -0.276 e. The van der Waals surface area contributed by atoms with E-state index in [1.54, 1.807) is 0 Å². The number of hydrogen-bond donors (Lipinski definition) is 0. The molecule has 4 heteroatoms. The van der Waals surface area contributed by atoms with Crippen molar-refractivity contribution in [3.05, 3.63) is 0 Å². The lowest BCUT2D eigenvalue weighted by Gasteiger charge is -2.24. The smallest absolute Gasteiger partial charge is 0.237 e. The Labute approximate surface area is 63.1 Å². The van der Waals surface area contributed by atoms with E-state index in [9.17, 15) is 4.21 Å². The first-order valence-electron chi connectivity index (χ1n) is 3.70. The lowest BCUT2D eigenvalue weighted by atomic mass is 10.1. The normalized spacial score (nSPS) is 41.6. The van der Waals surface area contributed by atoms with Crippen molar-refractivity contribution in [2.75, 3.05) is 13.2 Å². The third kappa shape index (κ3) is 1.00. The molecular weight excluding hydrogens is 150 g/mol. The van der Waals surface area contributed by atoms with Crippen molar-refractivity contribution in [2.45, 2.75) is 25.3 Å². The predicted octanol–water partition coefficient (Wildman–Crippen LogP) is 0.450. The van der Waals surface area contributed by atoms with E-state index in [1.807, 2.05) is 4.31 Å². The van der Waals surface area contributed by atoms with Crippen molar-refractivity contribution < 1.29 is 8.39 Å². The molecule has 2 atom stereocenters. The molecule has 0 radical (unpaired) electrons. The monoisotopic (exact) mass is 161 g/mol. The van der Waals surface area contributed by atoms with Gasteiger partial charge in [0.2, 0.25) is 11.3 Å². The maximum Gasteiger partial charge on any atom is 0.237 e. The number of hydrogen-bond acceptors (Lipinski definition) is 2. The summed E-state index contributed by atoms with van der Waals surface area (Å²) in [5, 5.41) is 0. The van der Waals surface area contributed by atoms with E-state index in [2.05, 4.69) is 0 Å². The van der Waals surface area contributed by atoms with E-state index in [-0.39, 0.29) is 0 Å². The van der Waals surface area contributed by atoms with Crippen molar-refractivity contribution in [3.8, 4) is 0 Å². The zero-order valence-corrected chi connectivity index (χ0v) is 6.60. The Kier molecular flexibility index (Phi) is 1.76. The van der Waals surface area contributed by atoms with Crippen LogP contribution in [0.2, 0.25) is 0 Å². The Hall–Kier alpha value is 0.0700. The summed E-state index contributed by atoms with van der Waals surface area (Å²) in [4.78, 5) is 0. The zero-order chi connectivity index (χ0) is 6.97. The van der Waals surface area contributed by atoms with Gasteiger partial charge in [-0.25, -0.2) is 4.21 Å². The number of nitrogens with zero attached hydrogens (tertiary/aromatic N) is 1. The number of fused-ring (bicyclic) bond motifs is 1. The van der Waals surface area contributed by atoms with Crippen LogP contribution in [0.1, 0.15) is 19.3 Å². The van der Waals surface area contributed by atoms with Crippen LogP contribution in [0.15, 0.2) is 0 Å². The van der Waals surface area contributed by atoms with Gasteiger partial charge in [-0.1, -0.05) is 6.42 Å². The molecule has 0 bridgehead atoms. The minimum absolute atomic E-state index is 0.453. The molecule has 0 aliphatic carbocycles. The van der Waals surface area contributed by atoms with Crippen LogP contribution in [-0.4, -0.2) is 27.7 Å². The van der Waals surface area contributed by atoms with Gasteiger partial charge in [0.1, 0.15) is 0 Å². The van der Waals surface area contributed by atoms with Crippen molar-refractivity contribution in [1.29, 1.82) is 0 Å². The van der Waals surface area contributed by atoms with Gasteiger partial charge in [-0.05, 0) is 12.8 Å².